The standard InChI is InChI=1S/C21H24N4O2/c26-20(24-18-6-7-18)17-4-1-3-15(13-17)14-23-21(27)25-12-2-5-19(25)16-8-10-22-11-9-16/h1,3-4,8-11,13,18-19H,2,5-7,12,14H2,(H,23,27)(H,24,26). The number of urea groups is 1. The van der Waals surface area contributed by atoms with Crippen molar-refractivity contribution in [2.24, 2.45) is 0 Å². The molecular weight excluding hydrogens is 340 g/mol. The van der Waals surface area contributed by atoms with Crippen molar-refractivity contribution >= 4 is 11.9 Å². The molecule has 1 aliphatic heterocycles. The minimum atomic E-state index is -0.0675. The van der Waals surface area contributed by atoms with Gasteiger partial charge in [-0.05, 0) is 61.1 Å². The normalized spacial score (nSPS) is 19.0. The summed E-state index contributed by atoms with van der Waals surface area (Å²) in [5.74, 6) is -0.0389. The number of hydrogen-bond acceptors (Lipinski definition) is 3. The molecule has 6 nitrogen and oxygen atoms in total. The van der Waals surface area contributed by atoms with Crippen LogP contribution in [0.3, 0.4) is 0 Å². The van der Waals surface area contributed by atoms with Crippen LogP contribution in [0.2, 0.25) is 0 Å². The van der Waals surface area contributed by atoms with Crippen LogP contribution in [0, 0.1) is 0 Å². The van der Waals surface area contributed by atoms with E-state index in [4.69, 9.17) is 0 Å². The molecule has 0 radical (unpaired) electrons. The average Bonchev–Trinajstić information content (AvgIpc) is 3.38. The van der Waals surface area contributed by atoms with E-state index in [1.54, 1.807) is 12.4 Å². The largest absolute Gasteiger partial charge is 0.349 e. The number of rotatable bonds is 5. The highest BCUT2D eigenvalue weighted by atomic mass is 16.2. The van der Waals surface area contributed by atoms with Gasteiger partial charge in [0, 0.05) is 37.1 Å². The lowest BCUT2D eigenvalue weighted by Gasteiger charge is -2.25. The predicted molar refractivity (Wildman–Crippen MR) is 102 cm³/mol. The number of nitrogens with zero attached hydrogens (tertiary/aromatic N) is 2. The van der Waals surface area contributed by atoms with Crippen LogP contribution in [0.15, 0.2) is 48.8 Å². The zero-order chi connectivity index (χ0) is 18.6. The van der Waals surface area contributed by atoms with Crippen molar-refractivity contribution in [1.29, 1.82) is 0 Å². The molecule has 2 aliphatic rings. The molecule has 6 heteroatoms. The molecule has 2 heterocycles. The summed E-state index contributed by atoms with van der Waals surface area (Å²) in [4.78, 5) is 30.8. The first-order valence-electron chi connectivity index (χ1n) is 9.55. The number of benzene rings is 1. The summed E-state index contributed by atoms with van der Waals surface area (Å²) in [6.07, 6.45) is 7.63. The summed E-state index contributed by atoms with van der Waals surface area (Å²) in [6.45, 7) is 1.16. The van der Waals surface area contributed by atoms with Crippen LogP contribution in [0.1, 0.15) is 53.2 Å². The van der Waals surface area contributed by atoms with Gasteiger partial charge in [-0.1, -0.05) is 12.1 Å². The van der Waals surface area contributed by atoms with E-state index in [-0.39, 0.29) is 18.0 Å². The first-order valence-corrected chi connectivity index (χ1v) is 9.55. The Labute approximate surface area is 159 Å². The molecular formula is C21H24N4O2. The molecule has 1 saturated heterocycles. The smallest absolute Gasteiger partial charge is 0.318 e. The number of aromatic nitrogens is 1. The monoisotopic (exact) mass is 364 g/mol. The van der Waals surface area contributed by atoms with Crippen LogP contribution in [0.5, 0.6) is 0 Å². The van der Waals surface area contributed by atoms with Crippen LogP contribution in [0.4, 0.5) is 4.79 Å². The van der Waals surface area contributed by atoms with Crippen molar-refractivity contribution in [2.75, 3.05) is 6.54 Å². The second kappa shape index (κ2) is 7.78. The molecule has 1 aromatic carbocycles. The second-order valence-electron chi connectivity index (χ2n) is 7.24. The third-order valence-corrected chi connectivity index (χ3v) is 5.15. The predicted octanol–water partition coefficient (Wildman–Crippen LogP) is 3.02. The molecule has 1 aliphatic carbocycles. The Kier molecular flexibility index (Phi) is 5.05. The zero-order valence-corrected chi connectivity index (χ0v) is 15.2. The van der Waals surface area contributed by atoms with E-state index in [1.165, 1.54) is 0 Å². The van der Waals surface area contributed by atoms with E-state index in [0.717, 1.165) is 43.4 Å². The van der Waals surface area contributed by atoms with Gasteiger partial charge in [0.15, 0.2) is 0 Å². The quantitative estimate of drug-likeness (QED) is 0.856. The van der Waals surface area contributed by atoms with Crippen LogP contribution in [-0.2, 0) is 6.54 Å². The summed E-state index contributed by atoms with van der Waals surface area (Å²) >= 11 is 0. The highest BCUT2D eigenvalue weighted by Gasteiger charge is 2.29. The van der Waals surface area contributed by atoms with Gasteiger partial charge in [0.2, 0.25) is 0 Å². The van der Waals surface area contributed by atoms with E-state index in [1.807, 2.05) is 41.3 Å². The Morgan fingerprint density at radius 1 is 1.11 bits per heavy atom. The van der Waals surface area contributed by atoms with E-state index in [0.29, 0.717) is 18.2 Å². The van der Waals surface area contributed by atoms with E-state index < -0.39 is 0 Å². The number of likely N-dealkylation sites (tertiary alicyclic amines) is 1. The molecule has 0 bridgehead atoms. The van der Waals surface area contributed by atoms with Crippen LogP contribution in [0.25, 0.3) is 0 Å². The molecule has 1 atom stereocenters. The number of pyridine rings is 1. The fourth-order valence-electron chi connectivity index (χ4n) is 3.54. The average molecular weight is 364 g/mol. The number of hydrogen-bond donors (Lipinski definition) is 2. The lowest BCUT2D eigenvalue weighted by Crippen LogP contribution is -2.39. The number of nitrogens with one attached hydrogen (secondary N) is 2. The summed E-state index contributed by atoms with van der Waals surface area (Å²) in [7, 11) is 0. The molecule has 4 rings (SSSR count). The van der Waals surface area contributed by atoms with Crippen LogP contribution in [-0.4, -0.2) is 34.4 Å². The van der Waals surface area contributed by atoms with Crippen molar-refractivity contribution in [1.82, 2.24) is 20.5 Å². The first kappa shape index (κ1) is 17.5. The second-order valence-corrected chi connectivity index (χ2v) is 7.24. The first-order chi connectivity index (χ1) is 13.2. The molecule has 2 fully saturated rings. The van der Waals surface area contributed by atoms with Gasteiger partial charge in [0.1, 0.15) is 0 Å². The Morgan fingerprint density at radius 3 is 2.70 bits per heavy atom. The Bertz CT molecular complexity index is 820. The maximum Gasteiger partial charge on any atom is 0.318 e. The minimum absolute atomic E-state index is 0.0389. The van der Waals surface area contributed by atoms with Gasteiger partial charge >= 0.3 is 6.03 Å². The third-order valence-electron chi connectivity index (χ3n) is 5.15. The fourth-order valence-corrected chi connectivity index (χ4v) is 3.54. The maximum absolute atomic E-state index is 12.7. The lowest BCUT2D eigenvalue weighted by atomic mass is 10.1. The molecule has 2 aromatic rings. The topological polar surface area (TPSA) is 74.3 Å². The van der Waals surface area contributed by atoms with Crippen LogP contribution < -0.4 is 10.6 Å². The summed E-state index contributed by atoms with van der Waals surface area (Å²) in [5, 5.41) is 5.99. The molecule has 3 amide bonds. The lowest BCUT2D eigenvalue weighted by molar-refractivity contribution is 0.0951. The van der Waals surface area contributed by atoms with Gasteiger partial charge in [0.05, 0.1) is 6.04 Å². The van der Waals surface area contributed by atoms with Gasteiger partial charge in [-0.3, -0.25) is 9.78 Å². The van der Waals surface area contributed by atoms with Crippen molar-refractivity contribution in [3.05, 3.63) is 65.5 Å². The zero-order valence-electron chi connectivity index (χ0n) is 15.2. The molecule has 27 heavy (non-hydrogen) atoms. The minimum Gasteiger partial charge on any atom is -0.349 e. The van der Waals surface area contributed by atoms with Crippen molar-refractivity contribution in [3.8, 4) is 0 Å². The van der Waals surface area contributed by atoms with E-state index >= 15 is 0 Å². The molecule has 1 saturated carbocycles. The number of amides is 3. The number of carbonyl (C=O) groups excluding carboxylic acids is 2. The molecule has 0 spiro atoms. The van der Waals surface area contributed by atoms with Gasteiger partial charge in [-0.2, -0.15) is 0 Å². The van der Waals surface area contributed by atoms with E-state index in [2.05, 4.69) is 15.6 Å². The SMILES string of the molecule is O=C(NC1CC1)c1cccc(CNC(=O)N2CCCC2c2ccncc2)c1. The summed E-state index contributed by atoms with van der Waals surface area (Å²) < 4.78 is 0. The fraction of sp³-hybridized carbons (Fsp3) is 0.381. The maximum atomic E-state index is 12.7. The Hall–Kier alpha value is -2.89. The van der Waals surface area contributed by atoms with Crippen LogP contribution >= 0.6 is 0 Å². The third kappa shape index (κ3) is 4.27. The van der Waals surface area contributed by atoms with Gasteiger partial charge in [-0.15, -0.1) is 0 Å². The summed E-state index contributed by atoms with van der Waals surface area (Å²) in [5.41, 5.74) is 2.69. The van der Waals surface area contributed by atoms with Gasteiger partial charge < -0.3 is 15.5 Å². The van der Waals surface area contributed by atoms with Crippen molar-refractivity contribution < 1.29 is 9.59 Å². The van der Waals surface area contributed by atoms with Gasteiger partial charge in [-0.25, -0.2) is 4.79 Å². The molecule has 1 unspecified atom stereocenters. The van der Waals surface area contributed by atoms with E-state index in [9.17, 15) is 9.59 Å². The Balaban J connectivity index is 1.36. The highest BCUT2D eigenvalue weighted by Crippen LogP contribution is 2.31. The molecule has 140 valence electrons. The summed E-state index contributed by atoms with van der Waals surface area (Å²) in [6, 6.07) is 11.8. The van der Waals surface area contributed by atoms with Crippen molar-refractivity contribution in [2.45, 2.75) is 44.3 Å². The molecule has 1 aromatic heterocycles. The number of carbonyl (C=O) groups is 2. The molecule has 2 N–H and O–H groups in total. The highest BCUT2D eigenvalue weighted by molar-refractivity contribution is 5.94. The Morgan fingerprint density at radius 2 is 1.93 bits per heavy atom. The van der Waals surface area contributed by atoms with Crippen molar-refractivity contribution in [3.63, 3.8) is 0 Å². The van der Waals surface area contributed by atoms with Gasteiger partial charge in [0.25, 0.3) is 5.91 Å².